The summed E-state index contributed by atoms with van der Waals surface area (Å²) in [4.78, 5) is 12.7. The fraction of sp³-hybridized carbons (Fsp3) is 0.250. The number of hydrogen-bond acceptors (Lipinski definition) is 2. The number of amides is 1. The zero-order valence-corrected chi connectivity index (χ0v) is 14.2. The molecule has 4 rings (SSSR count). The van der Waals surface area contributed by atoms with Crippen LogP contribution in [0.2, 0.25) is 5.02 Å². The van der Waals surface area contributed by atoms with Gasteiger partial charge in [0, 0.05) is 22.0 Å². The second-order valence-corrected chi connectivity index (χ2v) is 6.85. The van der Waals surface area contributed by atoms with Gasteiger partial charge in [-0.15, -0.1) is 0 Å². The maximum atomic E-state index is 12.7. The van der Waals surface area contributed by atoms with Gasteiger partial charge in [0.1, 0.15) is 5.58 Å². The first-order valence-corrected chi connectivity index (χ1v) is 8.59. The Morgan fingerprint density at radius 1 is 1.17 bits per heavy atom. The van der Waals surface area contributed by atoms with Crippen LogP contribution in [-0.2, 0) is 0 Å². The number of halogens is 1. The SMILES string of the molecule is Cc1ccc2oc(C(=O)NC3CCC3)c(-c3ccc(Cl)cc3)c2c1. The van der Waals surface area contributed by atoms with Crippen molar-refractivity contribution >= 4 is 28.5 Å². The van der Waals surface area contributed by atoms with Gasteiger partial charge in [-0.2, -0.15) is 0 Å². The van der Waals surface area contributed by atoms with E-state index in [1.54, 1.807) is 0 Å². The molecule has 122 valence electrons. The minimum Gasteiger partial charge on any atom is -0.450 e. The lowest BCUT2D eigenvalue weighted by molar-refractivity contribution is 0.0892. The van der Waals surface area contributed by atoms with Crippen LogP contribution in [0.15, 0.2) is 46.9 Å². The number of fused-ring (bicyclic) bond motifs is 1. The summed E-state index contributed by atoms with van der Waals surface area (Å²) in [5.41, 5.74) is 3.62. The normalized spacial score (nSPS) is 14.6. The van der Waals surface area contributed by atoms with Crippen molar-refractivity contribution in [3.05, 3.63) is 58.8 Å². The maximum Gasteiger partial charge on any atom is 0.287 e. The Bertz CT molecular complexity index is 907. The molecule has 1 aromatic heterocycles. The van der Waals surface area contributed by atoms with E-state index in [0.29, 0.717) is 10.8 Å². The number of nitrogens with one attached hydrogen (secondary N) is 1. The van der Waals surface area contributed by atoms with Crippen LogP contribution in [0.5, 0.6) is 0 Å². The van der Waals surface area contributed by atoms with Gasteiger partial charge in [0.05, 0.1) is 0 Å². The van der Waals surface area contributed by atoms with Gasteiger partial charge in [-0.1, -0.05) is 35.4 Å². The van der Waals surface area contributed by atoms with E-state index in [0.717, 1.165) is 40.5 Å². The smallest absolute Gasteiger partial charge is 0.287 e. The minimum atomic E-state index is -0.140. The second-order valence-electron chi connectivity index (χ2n) is 6.41. The van der Waals surface area contributed by atoms with Crippen molar-refractivity contribution in [2.45, 2.75) is 32.2 Å². The zero-order chi connectivity index (χ0) is 16.7. The Hall–Kier alpha value is -2.26. The minimum absolute atomic E-state index is 0.140. The molecule has 0 radical (unpaired) electrons. The summed E-state index contributed by atoms with van der Waals surface area (Å²) in [6, 6.07) is 13.8. The highest BCUT2D eigenvalue weighted by atomic mass is 35.5. The molecule has 0 bridgehead atoms. The van der Waals surface area contributed by atoms with Crippen LogP contribution in [0.25, 0.3) is 22.1 Å². The number of furan rings is 1. The fourth-order valence-corrected chi connectivity index (χ4v) is 3.20. The van der Waals surface area contributed by atoms with Gasteiger partial charge in [-0.3, -0.25) is 4.79 Å². The molecule has 2 aromatic carbocycles. The highest BCUT2D eigenvalue weighted by Crippen LogP contribution is 2.36. The van der Waals surface area contributed by atoms with Gasteiger partial charge in [0.15, 0.2) is 0 Å². The lowest BCUT2D eigenvalue weighted by Gasteiger charge is -2.26. The molecule has 0 spiro atoms. The largest absolute Gasteiger partial charge is 0.450 e. The third-order valence-corrected chi connectivity index (χ3v) is 4.87. The van der Waals surface area contributed by atoms with Crippen LogP contribution in [0.3, 0.4) is 0 Å². The van der Waals surface area contributed by atoms with Gasteiger partial charge in [0.2, 0.25) is 5.76 Å². The molecule has 1 aliphatic carbocycles. The van der Waals surface area contributed by atoms with E-state index in [1.165, 1.54) is 6.42 Å². The monoisotopic (exact) mass is 339 g/mol. The Labute approximate surface area is 145 Å². The first kappa shape index (κ1) is 15.3. The molecule has 0 saturated heterocycles. The van der Waals surface area contributed by atoms with Crippen molar-refractivity contribution in [2.75, 3.05) is 0 Å². The third-order valence-electron chi connectivity index (χ3n) is 4.62. The van der Waals surface area contributed by atoms with Crippen molar-refractivity contribution in [3.8, 4) is 11.1 Å². The predicted molar refractivity (Wildman–Crippen MR) is 96.5 cm³/mol. The first-order valence-electron chi connectivity index (χ1n) is 8.22. The molecule has 3 aromatic rings. The standard InChI is InChI=1S/C20H18ClNO2/c1-12-5-10-17-16(11-12)18(13-6-8-14(21)9-7-13)19(24-17)20(23)22-15-3-2-4-15/h5-11,15H,2-4H2,1H3,(H,22,23). The molecule has 1 aliphatic rings. The number of hydrogen-bond donors (Lipinski definition) is 1. The second kappa shape index (κ2) is 5.99. The average molecular weight is 340 g/mol. The number of benzene rings is 2. The van der Waals surface area contributed by atoms with Gasteiger partial charge >= 0.3 is 0 Å². The highest BCUT2D eigenvalue weighted by molar-refractivity contribution is 6.30. The summed E-state index contributed by atoms with van der Waals surface area (Å²) < 4.78 is 5.93. The molecule has 1 N–H and O–H groups in total. The average Bonchev–Trinajstić information content (AvgIpc) is 2.90. The van der Waals surface area contributed by atoms with Gasteiger partial charge < -0.3 is 9.73 Å². The summed E-state index contributed by atoms with van der Waals surface area (Å²) in [6.45, 7) is 2.03. The Morgan fingerprint density at radius 3 is 2.58 bits per heavy atom. The molecule has 24 heavy (non-hydrogen) atoms. The summed E-state index contributed by atoms with van der Waals surface area (Å²) in [5.74, 6) is 0.239. The van der Waals surface area contributed by atoms with E-state index in [4.69, 9.17) is 16.0 Å². The van der Waals surface area contributed by atoms with E-state index in [-0.39, 0.29) is 11.9 Å². The van der Waals surface area contributed by atoms with E-state index in [9.17, 15) is 4.79 Å². The molecular weight excluding hydrogens is 322 g/mol. The first-order chi connectivity index (χ1) is 11.6. The molecule has 1 amide bonds. The molecule has 4 heteroatoms. The molecule has 1 saturated carbocycles. The Kier molecular flexibility index (Phi) is 3.81. The lowest BCUT2D eigenvalue weighted by Crippen LogP contribution is -2.39. The Balaban J connectivity index is 1.86. The van der Waals surface area contributed by atoms with Crippen molar-refractivity contribution in [1.29, 1.82) is 0 Å². The molecule has 0 aliphatic heterocycles. The number of carbonyl (C=O) groups is 1. The summed E-state index contributed by atoms with van der Waals surface area (Å²) >= 11 is 6.01. The fourth-order valence-electron chi connectivity index (χ4n) is 3.08. The van der Waals surface area contributed by atoms with E-state index >= 15 is 0 Å². The Morgan fingerprint density at radius 2 is 1.92 bits per heavy atom. The molecule has 0 atom stereocenters. The lowest BCUT2D eigenvalue weighted by atomic mass is 9.93. The van der Waals surface area contributed by atoms with Crippen LogP contribution in [-0.4, -0.2) is 11.9 Å². The zero-order valence-electron chi connectivity index (χ0n) is 13.4. The van der Waals surface area contributed by atoms with Gasteiger partial charge in [-0.05, 0) is 56.0 Å². The highest BCUT2D eigenvalue weighted by Gasteiger charge is 2.26. The van der Waals surface area contributed by atoms with Crippen molar-refractivity contribution in [3.63, 3.8) is 0 Å². The molecule has 1 fully saturated rings. The summed E-state index contributed by atoms with van der Waals surface area (Å²) in [5, 5.41) is 4.70. The topological polar surface area (TPSA) is 42.2 Å². The van der Waals surface area contributed by atoms with Crippen LogP contribution >= 0.6 is 11.6 Å². The van der Waals surface area contributed by atoms with E-state index < -0.39 is 0 Å². The number of carbonyl (C=O) groups excluding carboxylic acids is 1. The molecule has 1 heterocycles. The van der Waals surface area contributed by atoms with Crippen LogP contribution < -0.4 is 5.32 Å². The molecular formula is C20H18ClNO2. The maximum absolute atomic E-state index is 12.7. The third kappa shape index (κ3) is 2.69. The van der Waals surface area contributed by atoms with Gasteiger partial charge in [0.25, 0.3) is 5.91 Å². The number of aryl methyl sites for hydroxylation is 1. The van der Waals surface area contributed by atoms with E-state index in [1.807, 2.05) is 43.3 Å². The summed E-state index contributed by atoms with van der Waals surface area (Å²) in [7, 11) is 0. The molecule has 0 unspecified atom stereocenters. The molecule has 3 nitrogen and oxygen atoms in total. The van der Waals surface area contributed by atoms with Crippen LogP contribution in [0, 0.1) is 6.92 Å². The number of rotatable bonds is 3. The van der Waals surface area contributed by atoms with Crippen molar-refractivity contribution in [2.24, 2.45) is 0 Å². The van der Waals surface area contributed by atoms with Crippen molar-refractivity contribution in [1.82, 2.24) is 5.32 Å². The summed E-state index contributed by atoms with van der Waals surface area (Å²) in [6.07, 6.45) is 3.26. The van der Waals surface area contributed by atoms with E-state index in [2.05, 4.69) is 11.4 Å². The van der Waals surface area contributed by atoms with Gasteiger partial charge in [-0.25, -0.2) is 0 Å². The quantitative estimate of drug-likeness (QED) is 0.699. The predicted octanol–water partition coefficient (Wildman–Crippen LogP) is 5.34. The van der Waals surface area contributed by atoms with Crippen LogP contribution in [0.4, 0.5) is 0 Å². The van der Waals surface area contributed by atoms with Crippen LogP contribution in [0.1, 0.15) is 35.4 Å². The van der Waals surface area contributed by atoms with Crippen molar-refractivity contribution < 1.29 is 9.21 Å².